The van der Waals surface area contributed by atoms with Gasteiger partial charge in [0.05, 0.1) is 30.2 Å². The van der Waals surface area contributed by atoms with Gasteiger partial charge in [-0.2, -0.15) is 0 Å². The monoisotopic (exact) mass is 316 g/mol. The molecule has 1 unspecified atom stereocenters. The fourth-order valence-electron chi connectivity index (χ4n) is 3.02. The SMILES string of the molecule is Cc1cc(-c2cnc(N3CCOCC3)nc2C2CCCO2)on1. The standard InChI is InChI=1S/C16H20N4O3/c1-11-9-14(23-19-11)12-10-17-16(20-4-7-21-8-5-20)18-15(12)13-3-2-6-22-13/h9-10,13H,2-8H2,1H3. The molecule has 2 fully saturated rings. The van der Waals surface area contributed by atoms with Crippen LogP contribution in [0.2, 0.25) is 0 Å². The lowest BCUT2D eigenvalue weighted by atomic mass is 10.1. The molecule has 4 heterocycles. The van der Waals surface area contributed by atoms with Crippen molar-refractivity contribution in [3.8, 4) is 11.3 Å². The van der Waals surface area contributed by atoms with Gasteiger partial charge in [0.15, 0.2) is 5.76 Å². The van der Waals surface area contributed by atoms with Crippen LogP contribution < -0.4 is 4.90 Å². The third-order valence-corrected chi connectivity index (χ3v) is 4.23. The number of hydrogen-bond donors (Lipinski definition) is 0. The van der Waals surface area contributed by atoms with Crippen LogP contribution in [-0.2, 0) is 9.47 Å². The molecule has 0 aliphatic carbocycles. The van der Waals surface area contributed by atoms with Gasteiger partial charge in [-0.3, -0.25) is 0 Å². The second-order valence-electron chi connectivity index (χ2n) is 5.90. The van der Waals surface area contributed by atoms with Crippen LogP contribution in [0.25, 0.3) is 11.3 Å². The molecule has 7 nitrogen and oxygen atoms in total. The second-order valence-corrected chi connectivity index (χ2v) is 5.90. The van der Waals surface area contributed by atoms with Gasteiger partial charge in [0.1, 0.15) is 6.10 Å². The predicted molar refractivity (Wildman–Crippen MR) is 83.2 cm³/mol. The molecule has 2 aromatic rings. The fraction of sp³-hybridized carbons (Fsp3) is 0.562. The maximum atomic E-state index is 5.85. The first-order valence-corrected chi connectivity index (χ1v) is 8.06. The Morgan fingerprint density at radius 2 is 2.09 bits per heavy atom. The van der Waals surface area contributed by atoms with Crippen LogP contribution in [0.15, 0.2) is 16.8 Å². The average molecular weight is 316 g/mol. The Balaban J connectivity index is 1.73. The molecule has 1 atom stereocenters. The van der Waals surface area contributed by atoms with Crippen LogP contribution >= 0.6 is 0 Å². The number of rotatable bonds is 3. The highest BCUT2D eigenvalue weighted by Gasteiger charge is 2.26. The molecule has 0 aromatic carbocycles. The van der Waals surface area contributed by atoms with E-state index in [1.807, 2.05) is 19.2 Å². The van der Waals surface area contributed by atoms with Crippen LogP contribution in [-0.4, -0.2) is 48.0 Å². The number of ether oxygens (including phenoxy) is 2. The molecule has 0 N–H and O–H groups in total. The number of aromatic nitrogens is 3. The molecular weight excluding hydrogens is 296 g/mol. The van der Waals surface area contributed by atoms with Crippen LogP contribution in [0.1, 0.15) is 30.3 Å². The molecule has 2 aliphatic rings. The van der Waals surface area contributed by atoms with E-state index in [-0.39, 0.29) is 6.10 Å². The zero-order valence-corrected chi connectivity index (χ0v) is 13.2. The van der Waals surface area contributed by atoms with Crippen LogP contribution in [0.5, 0.6) is 0 Å². The summed E-state index contributed by atoms with van der Waals surface area (Å²) < 4.78 is 16.7. The highest BCUT2D eigenvalue weighted by Crippen LogP contribution is 2.35. The van der Waals surface area contributed by atoms with E-state index < -0.39 is 0 Å². The summed E-state index contributed by atoms with van der Waals surface area (Å²) >= 11 is 0. The van der Waals surface area contributed by atoms with Crippen molar-refractivity contribution in [3.63, 3.8) is 0 Å². The van der Waals surface area contributed by atoms with E-state index in [1.165, 1.54) is 0 Å². The van der Waals surface area contributed by atoms with Gasteiger partial charge in [0.25, 0.3) is 0 Å². The Morgan fingerprint density at radius 1 is 1.22 bits per heavy atom. The summed E-state index contributed by atoms with van der Waals surface area (Å²) in [5.74, 6) is 1.43. The molecule has 0 amide bonds. The van der Waals surface area contributed by atoms with Crippen molar-refractivity contribution in [1.82, 2.24) is 15.1 Å². The van der Waals surface area contributed by atoms with E-state index in [9.17, 15) is 0 Å². The summed E-state index contributed by atoms with van der Waals surface area (Å²) in [5, 5.41) is 3.97. The van der Waals surface area contributed by atoms with Crippen molar-refractivity contribution in [3.05, 3.63) is 23.7 Å². The Labute approximate surface area is 134 Å². The first-order chi connectivity index (χ1) is 11.3. The molecule has 0 saturated carbocycles. The second kappa shape index (κ2) is 6.25. The molecule has 23 heavy (non-hydrogen) atoms. The third-order valence-electron chi connectivity index (χ3n) is 4.23. The van der Waals surface area contributed by atoms with Crippen molar-refractivity contribution < 1.29 is 14.0 Å². The minimum Gasteiger partial charge on any atom is -0.378 e. The third kappa shape index (κ3) is 2.94. The summed E-state index contributed by atoms with van der Waals surface area (Å²) in [6.45, 7) is 5.72. The van der Waals surface area contributed by atoms with Crippen LogP contribution in [0, 0.1) is 6.92 Å². The first kappa shape index (κ1) is 14.6. The molecule has 7 heteroatoms. The summed E-state index contributed by atoms with van der Waals surface area (Å²) in [6.07, 6.45) is 3.85. The zero-order valence-electron chi connectivity index (χ0n) is 13.2. The van der Waals surface area contributed by atoms with Gasteiger partial charge in [-0.25, -0.2) is 9.97 Å². The smallest absolute Gasteiger partial charge is 0.225 e. The summed E-state index contributed by atoms with van der Waals surface area (Å²) in [5.41, 5.74) is 2.61. The Bertz CT molecular complexity index is 676. The molecule has 0 radical (unpaired) electrons. The maximum Gasteiger partial charge on any atom is 0.225 e. The average Bonchev–Trinajstić information content (AvgIpc) is 3.27. The largest absolute Gasteiger partial charge is 0.378 e. The number of morpholine rings is 1. The first-order valence-electron chi connectivity index (χ1n) is 8.06. The molecule has 122 valence electrons. The van der Waals surface area contributed by atoms with E-state index in [0.717, 1.165) is 55.4 Å². The molecular formula is C16H20N4O3. The maximum absolute atomic E-state index is 5.85. The van der Waals surface area contributed by atoms with Gasteiger partial charge in [-0.15, -0.1) is 0 Å². The number of nitrogens with zero attached hydrogens (tertiary/aromatic N) is 4. The van der Waals surface area contributed by atoms with Gasteiger partial charge >= 0.3 is 0 Å². The fourth-order valence-corrected chi connectivity index (χ4v) is 3.02. The van der Waals surface area contributed by atoms with Gasteiger partial charge in [-0.1, -0.05) is 5.16 Å². The van der Waals surface area contributed by atoms with Crippen LogP contribution in [0.4, 0.5) is 5.95 Å². The van der Waals surface area contributed by atoms with E-state index in [0.29, 0.717) is 19.0 Å². The normalized spacial score (nSPS) is 21.8. The number of anilines is 1. The lowest BCUT2D eigenvalue weighted by molar-refractivity contribution is 0.108. The highest BCUT2D eigenvalue weighted by atomic mass is 16.5. The van der Waals surface area contributed by atoms with Gasteiger partial charge in [0.2, 0.25) is 5.95 Å². The van der Waals surface area contributed by atoms with Gasteiger partial charge in [0, 0.05) is 32.0 Å². The number of hydrogen-bond acceptors (Lipinski definition) is 7. The lowest BCUT2D eigenvalue weighted by Gasteiger charge is -2.27. The van der Waals surface area contributed by atoms with Crippen LogP contribution in [0.3, 0.4) is 0 Å². The topological polar surface area (TPSA) is 73.5 Å². The molecule has 2 aromatic heterocycles. The molecule has 2 saturated heterocycles. The lowest BCUT2D eigenvalue weighted by Crippen LogP contribution is -2.37. The molecule has 4 rings (SSSR count). The van der Waals surface area contributed by atoms with Crippen molar-refractivity contribution in [2.24, 2.45) is 0 Å². The number of aryl methyl sites for hydroxylation is 1. The summed E-state index contributed by atoms with van der Waals surface area (Å²) in [7, 11) is 0. The molecule has 0 bridgehead atoms. The van der Waals surface area contributed by atoms with E-state index in [2.05, 4.69) is 15.0 Å². The Hall–Kier alpha value is -1.99. The summed E-state index contributed by atoms with van der Waals surface area (Å²) in [4.78, 5) is 11.5. The van der Waals surface area contributed by atoms with E-state index >= 15 is 0 Å². The zero-order chi connectivity index (χ0) is 15.6. The van der Waals surface area contributed by atoms with Crippen molar-refractivity contribution >= 4 is 5.95 Å². The van der Waals surface area contributed by atoms with E-state index in [1.54, 1.807) is 0 Å². The Morgan fingerprint density at radius 3 is 2.78 bits per heavy atom. The molecule has 2 aliphatic heterocycles. The quantitative estimate of drug-likeness (QED) is 0.858. The molecule has 0 spiro atoms. The van der Waals surface area contributed by atoms with Crippen molar-refractivity contribution in [2.45, 2.75) is 25.9 Å². The van der Waals surface area contributed by atoms with Gasteiger partial charge < -0.3 is 18.9 Å². The van der Waals surface area contributed by atoms with Gasteiger partial charge in [-0.05, 0) is 19.8 Å². The van der Waals surface area contributed by atoms with E-state index in [4.69, 9.17) is 19.0 Å². The summed E-state index contributed by atoms with van der Waals surface area (Å²) in [6, 6.07) is 1.91. The van der Waals surface area contributed by atoms with Crippen molar-refractivity contribution in [1.29, 1.82) is 0 Å². The van der Waals surface area contributed by atoms with Crippen molar-refractivity contribution in [2.75, 3.05) is 37.8 Å². The predicted octanol–water partition coefficient (Wildman–Crippen LogP) is 2.13. The Kier molecular flexibility index (Phi) is 3.97. The highest BCUT2D eigenvalue weighted by molar-refractivity contribution is 5.61. The minimum absolute atomic E-state index is 0.00167. The minimum atomic E-state index is -0.00167.